The highest BCUT2D eigenvalue weighted by Gasteiger charge is 2.13. The summed E-state index contributed by atoms with van der Waals surface area (Å²) in [7, 11) is 1.54. The van der Waals surface area contributed by atoms with Crippen molar-refractivity contribution >= 4 is 15.9 Å². The molecule has 1 atom stereocenters. The van der Waals surface area contributed by atoms with Crippen molar-refractivity contribution in [1.29, 1.82) is 0 Å². The first kappa shape index (κ1) is 9.61. The Morgan fingerprint density at radius 2 is 2.25 bits per heavy atom. The maximum absolute atomic E-state index is 13.1. The number of hydrogen-bond donors (Lipinski definition) is 0. The summed E-state index contributed by atoms with van der Waals surface area (Å²) in [5.41, 5.74) is 0.507. The fourth-order valence-corrected chi connectivity index (χ4v) is 1.56. The maximum Gasteiger partial charge on any atom is 0.148 e. The SMILES string of the molecule is COC(C)c1c(F)cncc1Br. The number of aromatic nitrogens is 1. The molecule has 2 nitrogen and oxygen atoms in total. The van der Waals surface area contributed by atoms with Gasteiger partial charge in [-0.2, -0.15) is 0 Å². The molecule has 1 aromatic heterocycles. The summed E-state index contributed by atoms with van der Waals surface area (Å²) in [6.07, 6.45) is 2.46. The molecule has 0 radical (unpaired) electrons. The standard InChI is InChI=1S/C8H9BrFNO/c1-5(12-2)8-6(9)3-11-4-7(8)10/h3-5H,1-2H3. The summed E-state index contributed by atoms with van der Waals surface area (Å²) in [6, 6.07) is 0. The second-order valence-electron chi connectivity index (χ2n) is 2.39. The van der Waals surface area contributed by atoms with Crippen LogP contribution >= 0.6 is 15.9 Å². The third kappa shape index (κ3) is 1.81. The summed E-state index contributed by atoms with van der Waals surface area (Å²) in [6.45, 7) is 1.78. The van der Waals surface area contributed by atoms with Crippen molar-refractivity contribution in [3.05, 3.63) is 28.2 Å². The number of pyridine rings is 1. The van der Waals surface area contributed by atoms with Gasteiger partial charge >= 0.3 is 0 Å². The molecule has 1 unspecified atom stereocenters. The fraction of sp³-hybridized carbons (Fsp3) is 0.375. The molecule has 1 aromatic rings. The van der Waals surface area contributed by atoms with Crippen LogP contribution < -0.4 is 0 Å². The summed E-state index contributed by atoms with van der Waals surface area (Å²) in [5.74, 6) is -0.348. The van der Waals surface area contributed by atoms with Gasteiger partial charge in [0.15, 0.2) is 0 Å². The van der Waals surface area contributed by atoms with Gasteiger partial charge in [-0.05, 0) is 22.9 Å². The normalized spacial score (nSPS) is 13.0. The molecule has 0 aromatic carbocycles. The lowest BCUT2D eigenvalue weighted by atomic mass is 10.2. The Kier molecular flexibility index (Phi) is 3.17. The van der Waals surface area contributed by atoms with Crippen LogP contribution in [0.4, 0.5) is 4.39 Å². The molecule has 0 aliphatic carbocycles. The van der Waals surface area contributed by atoms with E-state index in [2.05, 4.69) is 20.9 Å². The molecule has 0 amide bonds. The van der Waals surface area contributed by atoms with Gasteiger partial charge in [-0.3, -0.25) is 4.98 Å². The molecular weight excluding hydrogens is 225 g/mol. The second kappa shape index (κ2) is 3.96. The summed E-state index contributed by atoms with van der Waals surface area (Å²) < 4.78 is 18.8. The highest BCUT2D eigenvalue weighted by molar-refractivity contribution is 9.10. The van der Waals surface area contributed by atoms with E-state index in [1.165, 1.54) is 13.3 Å². The van der Waals surface area contributed by atoms with E-state index in [4.69, 9.17) is 4.74 Å². The monoisotopic (exact) mass is 233 g/mol. The molecule has 66 valence electrons. The number of rotatable bonds is 2. The molecule has 0 bridgehead atoms. The minimum atomic E-state index is -0.348. The van der Waals surface area contributed by atoms with Crippen LogP contribution in [0.5, 0.6) is 0 Å². The molecule has 1 heterocycles. The molecule has 0 N–H and O–H groups in total. The van der Waals surface area contributed by atoms with E-state index in [-0.39, 0.29) is 11.9 Å². The minimum Gasteiger partial charge on any atom is -0.377 e. The first-order chi connectivity index (χ1) is 5.66. The zero-order valence-electron chi connectivity index (χ0n) is 6.84. The average Bonchev–Trinajstić information content (AvgIpc) is 2.03. The first-order valence-electron chi connectivity index (χ1n) is 3.48. The van der Waals surface area contributed by atoms with Gasteiger partial charge in [-0.25, -0.2) is 4.39 Å². The van der Waals surface area contributed by atoms with Crippen molar-refractivity contribution in [2.24, 2.45) is 0 Å². The van der Waals surface area contributed by atoms with Crippen LogP contribution in [0.3, 0.4) is 0 Å². The molecule has 0 saturated heterocycles. The van der Waals surface area contributed by atoms with E-state index in [9.17, 15) is 4.39 Å². The van der Waals surface area contributed by atoms with Crippen LogP contribution in [0.15, 0.2) is 16.9 Å². The summed E-state index contributed by atoms with van der Waals surface area (Å²) in [4.78, 5) is 3.68. The predicted molar refractivity (Wildman–Crippen MR) is 47.3 cm³/mol. The number of ether oxygens (including phenoxy) is 1. The lowest BCUT2D eigenvalue weighted by molar-refractivity contribution is 0.115. The van der Waals surface area contributed by atoms with E-state index in [1.54, 1.807) is 13.1 Å². The van der Waals surface area contributed by atoms with Gasteiger partial charge in [0.2, 0.25) is 0 Å². The zero-order valence-corrected chi connectivity index (χ0v) is 8.43. The lowest BCUT2D eigenvalue weighted by Gasteiger charge is -2.11. The third-order valence-electron chi connectivity index (χ3n) is 1.65. The van der Waals surface area contributed by atoms with Crippen LogP contribution in [0.25, 0.3) is 0 Å². The largest absolute Gasteiger partial charge is 0.377 e. The van der Waals surface area contributed by atoms with Crippen molar-refractivity contribution in [2.75, 3.05) is 7.11 Å². The third-order valence-corrected chi connectivity index (χ3v) is 2.28. The van der Waals surface area contributed by atoms with Crippen molar-refractivity contribution in [1.82, 2.24) is 4.98 Å². The van der Waals surface area contributed by atoms with Gasteiger partial charge in [0.1, 0.15) is 5.82 Å². The van der Waals surface area contributed by atoms with Crippen LogP contribution in [-0.4, -0.2) is 12.1 Å². The van der Waals surface area contributed by atoms with Gasteiger partial charge < -0.3 is 4.74 Å². The van der Waals surface area contributed by atoms with Crippen molar-refractivity contribution < 1.29 is 9.13 Å². The van der Waals surface area contributed by atoms with Crippen molar-refractivity contribution in [3.8, 4) is 0 Å². The molecule has 4 heteroatoms. The lowest BCUT2D eigenvalue weighted by Crippen LogP contribution is -2.01. The number of hydrogen-bond acceptors (Lipinski definition) is 2. The van der Waals surface area contributed by atoms with Crippen molar-refractivity contribution in [3.63, 3.8) is 0 Å². The molecule has 0 spiro atoms. The van der Waals surface area contributed by atoms with Crippen LogP contribution in [-0.2, 0) is 4.74 Å². The minimum absolute atomic E-state index is 0.262. The number of methoxy groups -OCH3 is 1. The molecule has 0 fully saturated rings. The molecule has 0 saturated carbocycles. The summed E-state index contributed by atoms with van der Waals surface area (Å²) in [5, 5.41) is 0. The predicted octanol–water partition coefficient (Wildman–Crippen LogP) is 2.69. The van der Waals surface area contributed by atoms with Gasteiger partial charge in [0.25, 0.3) is 0 Å². The van der Waals surface area contributed by atoms with E-state index < -0.39 is 0 Å². The second-order valence-corrected chi connectivity index (χ2v) is 3.25. The molecule has 1 rings (SSSR count). The Morgan fingerprint density at radius 1 is 1.58 bits per heavy atom. The van der Waals surface area contributed by atoms with Gasteiger partial charge in [0.05, 0.1) is 12.3 Å². The van der Waals surface area contributed by atoms with Gasteiger partial charge in [-0.1, -0.05) is 0 Å². The Hall–Kier alpha value is -0.480. The maximum atomic E-state index is 13.1. The molecule has 0 aliphatic rings. The molecular formula is C8H9BrFNO. The quantitative estimate of drug-likeness (QED) is 0.784. The smallest absolute Gasteiger partial charge is 0.148 e. The zero-order chi connectivity index (χ0) is 9.14. The van der Waals surface area contributed by atoms with E-state index in [1.807, 2.05) is 0 Å². The highest BCUT2D eigenvalue weighted by atomic mass is 79.9. The topological polar surface area (TPSA) is 22.1 Å². The first-order valence-corrected chi connectivity index (χ1v) is 4.27. The van der Waals surface area contributed by atoms with Crippen LogP contribution in [0.1, 0.15) is 18.6 Å². The Morgan fingerprint density at radius 3 is 2.75 bits per heavy atom. The number of halogens is 2. The Labute approximate surface area is 78.9 Å². The molecule has 0 aliphatic heterocycles. The van der Waals surface area contributed by atoms with Crippen LogP contribution in [0, 0.1) is 5.82 Å². The van der Waals surface area contributed by atoms with E-state index in [0.29, 0.717) is 10.0 Å². The molecule has 12 heavy (non-hydrogen) atoms. The van der Waals surface area contributed by atoms with Gasteiger partial charge in [-0.15, -0.1) is 0 Å². The van der Waals surface area contributed by atoms with Crippen molar-refractivity contribution in [2.45, 2.75) is 13.0 Å². The summed E-state index contributed by atoms with van der Waals surface area (Å²) >= 11 is 3.21. The van der Waals surface area contributed by atoms with Crippen LogP contribution in [0.2, 0.25) is 0 Å². The number of nitrogens with zero attached hydrogens (tertiary/aromatic N) is 1. The highest BCUT2D eigenvalue weighted by Crippen LogP contribution is 2.26. The van der Waals surface area contributed by atoms with E-state index in [0.717, 1.165) is 0 Å². The average molecular weight is 234 g/mol. The Bertz CT molecular complexity index is 260. The fourth-order valence-electron chi connectivity index (χ4n) is 0.928. The van der Waals surface area contributed by atoms with E-state index >= 15 is 0 Å². The van der Waals surface area contributed by atoms with Gasteiger partial charge in [0, 0.05) is 23.3 Å². The Balaban J connectivity index is 3.12.